The third-order valence-electron chi connectivity index (χ3n) is 5.04. The zero-order valence-corrected chi connectivity index (χ0v) is 13.5. The number of amides is 1. The summed E-state index contributed by atoms with van der Waals surface area (Å²) in [6.07, 6.45) is 10.5. The van der Waals surface area contributed by atoms with Gasteiger partial charge >= 0.3 is 0 Å². The van der Waals surface area contributed by atoms with E-state index < -0.39 is 0 Å². The number of aryl methyl sites for hydroxylation is 1. The number of aromatic nitrogens is 1. The van der Waals surface area contributed by atoms with Crippen LogP contribution in [0.15, 0.2) is 10.8 Å². The SMILES string of the molecule is Cc1ocnc1C(=O)N[C@H]1CCCN(CC2CCCCC2)C1. The van der Waals surface area contributed by atoms with Gasteiger partial charge in [-0.3, -0.25) is 4.79 Å². The molecule has 0 spiro atoms. The zero-order valence-electron chi connectivity index (χ0n) is 13.5. The molecule has 1 amide bonds. The fourth-order valence-electron chi connectivity index (χ4n) is 3.85. The van der Waals surface area contributed by atoms with E-state index in [1.807, 2.05) is 0 Å². The Balaban J connectivity index is 1.50. The van der Waals surface area contributed by atoms with Crippen LogP contribution in [0, 0.1) is 12.8 Å². The van der Waals surface area contributed by atoms with Crippen LogP contribution in [-0.4, -0.2) is 41.5 Å². The first-order chi connectivity index (χ1) is 10.7. The lowest BCUT2D eigenvalue weighted by atomic mass is 9.88. The summed E-state index contributed by atoms with van der Waals surface area (Å²) in [6, 6.07) is 0.237. The molecule has 1 saturated carbocycles. The number of rotatable bonds is 4. The van der Waals surface area contributed by atoms with E-state index in [-0.39, 0.29) is 11.9 Å². The van der Waals surface area contributed by atoms with Crippen molar-refractivity contribution in [2.75, 3.05) is 19.6 Å². The van der Waals surface area contributed by atoms with E-state index in [4.69, 9.17) is 4.42 Å². The van der Waals surface area contributed by atoms with Crippen LogP contribution in [-0.2, 0) is 0 Å². The molecule has 0 radical (unpaired) electrons. The number of oxazole rings is 1. The minimum absolute atomic E-state index is 0.101. The van der Waals surface area contributed by atoms with Gasteiger partial charge in [-0.05, 0) is 45.1 Å². The van der Waals surface area contributed by atoms with Gasteiger partial charge in [0.15, 0.2) is 12.1 Å². The lowest BCUT2D eigenvalue weighted by Crippen LogP contribution is -2.49. The number of nitrogens with one attached hydrogen (secondary N) is 1. The molecule has 1 saturated heterocycles. The first-order valence-corrected chi connectivity index (χ1v) is 8.65. The number of likely N-dealkylation sites (tertiary alicyclic amines) is 1. The van der Waals surface area contributed by atoms with Crippen LogP contribution in [0.25, 0.3) is 0 Å². The summed E-state index contributed by atoms with van der Waals surface area (Å²) < 4.78 is 5.11. The van der Waals surface area contributed by atoms with Crippen LogP contribution < -0.4 is 5.32 Å². The molecule has 0 bridgehead atoms. The third-order valence-corrected chi connectivity index (χ3v) is 5.04. The van der Waals surface area contributed by atoms with Gasteiger partial charge in [-0.1, -0.05) is 19.3 Å². The maximum absolute atomic E-state index is 12.2. The second kappa shape index (κ2) is 7.27. The minimum atomic E-state index is -0.101. The molecular weight excluding hydrogens is 278 g/mol. The number of carbonyl (C=O) groups excluding carboxylic acids is 1. The Morgan fingerprint density at radius 3 is 2.86 bits per heavy atom. The van der Waals surface area contributed by atoms with Crippen molar-refractivity contribution in [2.24, 2.45) is 5.92 Å². The predicted molar refractivity (Wildman–Crippen MR) is 84.7 cm³/mol. The summed E-state index contributed by atoms with van der Waals surface area (Å²) in [4.78, 5) is 18.8. The number of hydrogen-bond donors (Lipinski definition) is 1. The molecular formula is C17H27N3O2. The fourth-order valence-corrected chi connectivity index (χ4v) is 3.85. The van der Waals surface area contributed by atoms with Gasteiger partial charge in [-0.15, -0.1) is 0 Å². The Kier molecular flexibility index (Phi) is 5.13. The van der Waals surface area contributed by atoms with E-state index in [0.717, 1.165) is 25.3 Å². The summed E-state index contributed by atoms with van der Waals surface area (Å²) in [5, 5.41) is 3.13. The summed E-state index contributed by atoms with van der Waals surface area (Å²) in [7, 11) is 0. The zero-order chi connectivity index (χ0) is 15.4. The van der Waals surface area contributed by atoms with Gasteiger partial charge < -0.3 is 14.6 Å². The Bertz CT molecular complexity index is 494. The average Bonchev–Trinajstić information content (AvgIpc) is 2.95. The normalized spacial score (nSPS) is 24.3. The lowest BCUT2D eigenvalue weighted by molar-refractivity contribution is 0.0884. The standard InChI is InChI=1S/C17H27N3O2/c1-13-16(18-12-22-13)17(21)19-15-8-5-9-20(11-15)10-14-6-3-2-4-7-14/h12,14-15H,2-11H2,1H3,(H,19,21)/t15-/m0/s1. The van der Waals surface area contributed by atoms with Crippen molar-refractivity contribution < 1.29 is 9.21 Å². The molecule has 0 unspecified atom stereocenters. The third kappa shape index (κ3) is 3.88. The van der Waals surface area contributed by atoms with E-state index in [1.54, 1.807) is 6.92 Å². The molecule has 1 aliphatic carbocycles. The highest BCUT2D eigenvalue weighted by molar-refractivity contribution is 5.93. The van der Waals surface area contributed by atoms with Crippen molar-refractivity contribution in [3.8, 4) is 0 Å². The maximum Gasteiger partial charge on any atom is 0.273 e. The maximum atomic E-state index is 12.2. The van der Waals surface area contributed by atoms with Gasteiger partial charge in [0.2, 0.25) is 0 Å². The molecule has 22 heavy (non-hydrogen) atoms. The van der Waals surface area contributed by atoms with Crippen LogP contribution in [0.4, 0.5) is 0 Å². The van der Waals surface area contributed by atoms with Gasteiger partial charge in [0.1, 0.15) is 5.76 Å². The van der Waals surface area contributed by atoms with Crippen LogP contribution in [0.3, 0.4) is 0 Å². The first kappa shape index (κ1) is 15.5. The van der Waals surface area contributed by atoms with E-state index in [9.17, 15) is 4.79 Å². The molecule has 1 atom stereocenters. The summed E-state index contributed by atoms with van der Waals surface area (Å²) in [6.45, 7) is 5.12. The smallest absolute Gasteiger partial charge is 0.273 e. The van der Waals surface area contributed by atoms with Gasteiger partial charge in [0.25, 0.3) is 5.91 Å². The molecule has 2 aliphatic rings. The Morgan fingerprint density at radius 2 is 2.14 bits per heavy atom. The van der Waals surface area contributed by atoms with Gasteiger partial charge in [0, 0.05) is 19.1 Å². The Morgan fingerprint density at radius 1 is 1.32 bits per heavy atom. The summed E-state index contributed by atoms with van der Waals surface area (Å²) in [5.74, 6) is 1.35. The first-order valence-electron chi connectivity index (χ1n) is 8.65. The van der Waals surface area contributed by atoms with E-state index in [1.165, 1.54) is 51.6 Å². The van der Waals surface area contributed by atoms with Gasteiger partial charge in [-0.25, -0.2) is 4.98 Å². The van der Waals surface area contributed by atoms with Crippen LogP contribution >= 0.6 is 0 Å². The van der Waals surface area contributed by atoms with E-state index in [0.29, 0.717) is 11.5 Å². The molecule has 1 N–H and O–H groups in total. The predicted octanol–water partition coefficient (Wildman–Crippen LogP) is 2.76. The highest BCUT2D eigenvalue weighted by Gasteiger charge is 2.25. The fraction of sp³-hybridized carbons (Fsp3) is 0.765. The molecule has 122 valence electrons. The highest BCUT2D eigenvalue weighted by Crippen LogP contribution is 2.25. The molecule has 1 aliphatic heterocycles. The number of carbonyl (C=O) groups is 1. The second-order valence-corrected chi connectivity index (χ2v) is 6.83. The molecule has 2 fully saturated rings. The quantitative estimate of drug-likeness (QED) is 0.929. The number of nitrogens with zero attached hydrogens (tertiary/aromatic N) is 2. The second-order valence-electron chi connectivity index (χ2n) is 6.83. The summed E-state index contributed by atoms with van der Waals surface area (Å²) in [5.41, 5.74) is 0.421. The number of piperidine rings is 1. The van der Waals surface area contributed by atoms with Crippen LogP contribution in [0.2, 0.25) is 0 Å². The lowest BCUT2D eigenvalue weighted by Gasteiger charge is -2.36. The van der Waals surface area contributed by atoms with E-state index in [2.05, 4.69) is 15.2 Å². The molecule has 0 aromatic carbocycles. The topological polar surface area (TPSA) is 58.4 Å². The van der Waals surface area contributed by atoms with Crippen molar-refractivity contribution >= 4 is 5.91 Å². The van der Waals surface area contributed by atoms with Gasteiger partial charge in [0.05, 0.1) is 0 Å². The summed E-state index contributed by atoms with van der Waals surface area (Å²) >= 11 is 0. The van der Waals surface area contributed by atoms with Crippen molar-refractivity contribution in [3.63, 3.8) is 0 Å². The van der Waals surface area contributed by atoms with Crippen LogP contribution in [0.1, 0.15) is 61.2 Å². The highest BCUT2D eigenvalue weighted by atomic mass is 16.3. The minimum Gasteiger partial charge on any atom is -0.448 e. The molecule has 3 rings (SSSR count). The molecule has 2 heterocycles. The molecule has 5 nitrogen and oxygen atoms in total. The van der Waals surface area contributed by atoms with Crippen molar-refractivity contribution in [1.29, 1.82) is 0 Å². The van der Waals surface area contributed by atoms with Gasteiger partial charge in [-0.2, -0.15) is 0 Å². The van der Waals surface area contributed by atoms with Crippen molar-refractivity contribution in [1.82, 2.24) is 15.2 Å². The monoisotopic (exact) mass is 305 g/mol. The molecule has 5 heteroatoms. The van der Waals surface area contributed by atoms with Crippen molar-refractivity contribution in [3.05, 3.63) is 17.8 Å². The van der Waals surface area contributed by atoms with Crippen molar-refractivity contribution in [2.45, 2.75) is 57.9 Å². The number of hydrogen-bond acceptors (Lipinski definition) is 4. The average molecular weight is 305 g/mol. The molecule has 1 aromatic rings. The largest absolute Gasteiger partial charge is 0.448 e. The van der Waals surface area contributed by atoms with E-state index >= 15 is 0 Å². The Hall–Kier alpha value is -1.36. The molecule has 1 aromatic heterocycles. The Labute approximate surface area is 132 Å². The van der Waals surface area contributed by atoms with Crippen LogP contribution in [0.5, 0.6) is 0 Å².